The highest BCUT2D eigenvalue weighted by atomic mass is 16.3. The fraction of sp³-hybridized carbons (Fsp3) is 0.333. The number of furan rings is 1. The lowest BCUT2D eigenvalue weighted by atomic mass is 10.0. The molecule has 2 N–H and O–H groups in total. The minimum atomic E-state index is 0.214. The van der Waals surface area contributed by atoms with E-state index in [4.69, 9.17) is 10.2 Å². The predicted octanol–water partition coefficient (Wildman–Crippen LogP) is 2.95. The molecule has 0 radical (unpaired) electrons. The van der Waals surface area contributed by atoms with Crippen LogP contribution >= 0.6 is 0 Å². The third-order valence-electron chi connectivity index (χ3n) is 3.63. The second kappa shape index (κ2) is 4.38. The molecule has 2 aromatic rings. The van der Waals surface area contributed by atoms with Crippen LogP contribution in [0.25, 0.3) is 0 Å². The molecule has 3 rings (SSSR count). The summed E-state index contributed by atoms with van der Waals surface area (Å²) in [7, 11) is 0. The maximum Gasteiger partial charge on any atom is 0.105 e. The second-order valence-electron chi connectivity index (χ2n) is 4.86. The van der Waals surface area contributed by atoms with E-state index in [-0.39, 0.29) is 6.04 Å². The molecule has 1 aliphatic carbocycles. The lowest BCUT2D eigenvalue weighted by molar-refractivity contribution is 0.464. The van der Waals surface area contributed by atoms with Crippen LogP contribution in [0, 0.1) is 5.92 Å². The van der Waals surface area contributed by atoms with Gasteiger partial charge in [0.15, 0.2) is 0 Å². The molecule has 0 bridgehead atoms. The first-order valence-corrected chi connectivity index (χ1v) is 6.17. The van der Waals surface area contributed by atoms with Gasteiger partial charge >= 0.3 is 0 Å². The van der Waals surface area contributed by atoms with E-state index in [1.807, 2.05) is 12.1 Å². The van der Waals surface area contributed by atoms with Crippen LogP contribution in [0.2, 0.25) is 0 Å². The van der Waals surface area contributed by atoms with E-state index in [9.17, 15) is 0 Å². The van der Waals surface area contributed by atoms with Gasteiger partial charge in [-0.3, -0.25) is 0 Å². The van der Waals surface area contributed by atoms with Gasteiger partial charge in [0.2, 0.25) is 0 Å². The van der Waals surface area contributed by atoms with Crippen molar-refractivity contribution in [1.29, 1.82) is 0 Å². The highest BCUT2D eigenvalue weighted by molar-refractivity contribution is 5.26. The monoisotopic (exact) mass is 227 g/mol. The van der Waals surface area contributed by atoms with Gasteiger partial charge in [-0.05, 0) is 36.0 Å². The lowest BCUT2D eigenvalue weighted by Crippen LogP contribution is -2.25. The van der Waals surface area contributed by atoms with Crippen molar-refractivity contribution in [2.24, 2.45) is 11.7 Å². The fourth-order valence-corrected chi connectivity index (χ4v) is 2.58. The van der Waals surface area contributed by atoms with Crippen molar-refractivity contribution >= 4 is 0 Å². The largest absolute Gasteiger partial charge is 0.469 e. The molecule has 1 saturated carbocycles. The molecule has 0 amide bonds. The van der Waals surface area contributed by atoms with Gasteiger partial charge in [-0.15, -0.1) is 0 Å². The minimum Gasteiger partial charge on any atom is -0.469 e. The van der Waals surface area contributed by atoms with Gasteiger partial charge in [0.25, 0.3) is 0 Å². The van der Waals surface area contributed by atoms with Crippen LogP contribution < -0.4 is 5.73 Å². The van der Waals surface area contributed by atoms with E-state index in [0.29, 0.717) is 11.8 Å². The molecule has 17 heavy (non-hydrogen) atoms. The van der Waals surface area contributed by atoms with Crippen LogP contribution in [0.15, 0.2) is 53.1 Å². The molecule has 1 aromatic heterocycles. The van der Waals surface area contributed by atoms with E-state index in [1.165, 1.54) is 12.0 Å². The Morgan fingerprint density at radius 2 is 2.00 bits per heavy atom. The molecule has 1 aliphatic rings. The molecule has 1 fully saturated rings. The van der Waals surface area contributed by atoms with Gasteiger partial charge in [-0.25, -0.2) is 0 Å². The molecule has 88 valence electrons. The molecule has 0 aliphatic heterocycles. The highest BCUT2D eigenvalue weighted by Gasteiger charge is 2.42. The number of nitrogens with two attached hydrogens (primary N) is 1. The van der Waals surface area contributed by atoms with E-state index in [1.54, 1.807) is 6.26 Å². The highest BCUT2D eigenvalue weighted by Crippen LogP contribution is 2.49. The van der Waals surface area contributed by atoms with Crippen molar-refractivity contribution in [1.82, 2.24) is 0 Å². The summed E-state index contributed by atoms with van der Waals surface area (Å²) in [5, 5.41) is 0. The summed E-state index contributed by atoms with van der Waals surface area (Å²) in [6.07, 6.45) is 3.77. The topological polar surface area (TPSA) is 39.2 Å². The van der Waals surface area contributed by atoms with Crippen molar-refractivity contribution in [3.05, 3.63) is 60.1 Å². The summed E-state index contributed by atoms with van der Waals surface area (Å²) in [6.45, 7) is 0. The second-order valence-corrected chi connectivity index (χ2v) is 4.86. The first kappa shape index (κ1) is 10.6. The fourth-order valence-electron chi connectivity index (χ4n) is 2.58. The maximum absolute atomic E-state index is 6.24. The Morgan fingerprint density at radius 3 is 2.71 bits per heavy atom. The van der Waals surface area contributed by atoms with Crippen molar-refractivity contribution in [2.75, 3.05) is 0 Å². The number of rotatable bonds is 4. The third kappa shape index (κ3) is 2.27. The standard InChI is InChI=1S/C15H17NO/c16-15(9-12-7-4-8-17-12)14-10-13(14)11-5-2-1-3-6-11/h1-8,13-15H,9-10,16H2. The SMILES string of the molecule is NC(Cc1ccco1)C1CC1c1ccccc1. The predicted molar refractivity (Wildman–Crippen MR) is 67.7 cm³/mol. The number of hydrogen-bond acceptors (Lipinski definition) is 2. The van der Waals surface area contributed by atoms with Gasteiger partial charge in [-0.2, -0.15) is 0 Å². The Labute approximate surface area is 101 Å². The third-order valence-corrected chi connectivity index (χ3v) is 3.63. The molecular formula is C15H17NO. The van der Waals surface area contributed by atoms with Gasteiger partial charge in [0.05, 0.1) is 6.26 Å². The molecule has 1 heterocycles. The van der Waals surface area contributed by atoms with E-state index < -0.39 is 0 Å². The zero-order valence-electron chi connectivity index (χ0n) is 9.75. The Morgan fingerprint density at radius 1 is 1.18 bits per heavy atom. The molecule has 3 unspecified atom stereocenters. The zero-order chi connectivity index (χ0) is 11.7. The zero-order valence-corrected chi connectivity index (χ0v) is 9.75. The first-order valence-electron chi connectivity index (χ1n) is 6.17. The van der Waals surface area contributed by atoms with E-state index in [2.05, 4.69) is 30.3 Å². The molecule has 1 aromatic carbocycles. The van der Waals surface area contributed by atoms with Crippen LogP contribution in [-0.2, 0) is 6.42 Å². The lowest BCUT2D eigenvalue weighted by Gasteiger charge is -2.09. The average Bonchev–Trinajstić information content (AvgIpc) is 3.02. The van der Waals surface area contributed by atoms with Crippen LogP contribution in [-0.4, -0.2) is 6.04 Å². The molecule has 0 spiro atoms. The van der Waals surface area contributed by atoms with Crippen LogP contribution in [0.3, 0.4) is 0 Å². The molecule has 2 nitrogen and oxygen atoms in total. The molecule has 3 atom stereocenters. The van der Waals surface area contributed by atoms with E-state index in [0.717, 1.165) is 12.2 Å². The summed E-state index contributed by atoms with van der Waals surface area (Å²) in [6, 6.07) is 14.8. The van der Waals surface area contributed by atoms with Gasteiger partial charge in [0.1, 0.15) is 5.76 Å². The normalized spacial score (nSPS) is 24.5. The van der Waals surface area contributed by atoms with Crippen molar-refractivity contribution < 1.29 is 4.42 Å². The quantitative estimate of drug-likeness (QED) is 0.872. The first-order chi connectivity index (χ1) is 8.34. The summed E-state index contributed by atoms with van der Waals surface area (Å²) >= 11 is 0. The summed E-state index contributed by atoms with van der Waals surface area (Å²) in [5.74, 6) is 2.26. The molecular weight excluding hydrogens is 210 g/mol. The average molecular weight is 227 g/mol. The minimum absolute atomic E-state index is 0.214. The smallest absolute Gasteiger partial charge is 0.105 e. The number of benzene rings is 1. The van der Waals surface area contributed by atoms with Gasteiger partial charge in [-0.1, -0.05) is 30.3 Å². The Kier molecular flexibility index (Phi) is 2.73. The van der Waals surface area contributed by atoms with Gasteiger partial charge in [0, 0.05) is 12.5 Å². The van der Waals surface area contributed by atoms with Crippen LogP contribution in [0.5, 0.6) is 0 Å². The Bertz CT molecular complexity index is 463. The summed E-state index contributed by atoms with van der Waals surface area (Å²) < 4.78 is 5.34. The maximum atomic E-state index is 6.24. The van der Waals surface area contributed by atoms with Crippen molar-refractivity contribution in [3.63, 3.8) is 0 Å². The summed E-state index contributed by atoms with van der Waals surface area (Å²) in [5.41, 5.74) is 7.66. The summed E-state index contributed by atoms with van der Waals surface area (Å²) in [4.78, 5) is 0. The number of hydrogen-bond donors (Lipinski definition) is 1. The Hall–Kier alpha value is -1.54. The molecule has 0 saturated heterocycles. The Balaban J connectivity index is 1.61. The van der Waals surface area contributed by atoms with Crippen molar-refractivity contribution in [3.8, 4) is 0 Å². The van der Waals surface area contributed by atoms with E-state index >= 15 is 0 Å². The van der Waals surface area contributed by atoms with Gasteiger partial charge < -0.3 is 10.2 Å². The van der Waals surface area contributed by atoms with Crippen LogP contribution in [0.1, 0.15) is 23.7 Å². The molecule has 2 heteroatoms. The van der Waals surface area contributed by atoms with Crippen LogP contribution in [0.4, 0.5) is 0 Å². The van der Waals surface area contributed by atoms with Crippen molar-refractivity contribution in [2.45, 2.75) is 24.8 Å².